The van der Waals surface area contributed by atoms with Gasteiger partial charge in [0.2, 0.25) is 11.8 Å². The van der Waals surface area contributed by atoms with E-state index in [-0.39, 0.29) is 18.4 Å². The molecule has 0 saturated carbocycles. The number of benzene rings is 1. The van der Waals surface area contributed by atoms with E-state index in [9.17, 15) is 9.59 Å². The summed E-state index contributed by atoms with van der Waals surface area (Å²) in [4.78, 5) is 23.3. The Bertz CT molecular complexity index is 487. The maximum atomic E-state index is 11.6. The summed E-state index contributed by atoms with van der Waals surface area (Å²) in [7, 11) is 0. The van der Waals surface area contributed by atoms with Crippen molar-refractivity contribution in [2.45, 2.75) is 25.5 Å². The third-order valence-corrected chi connectivity index (χ3v) is 3.45. The average molecular weight is 297 g/mol. The first-order valence-electron chi connectivity index (χ1n) is 6.56. The molecule has 0 bridgehead atoms. The van der Waals surface area contributed by atoms with E-state index in [0.29, 0.717) is 24.6 Å². The molecule has 0 aromatic heterocycles. The minimum Gasteiger partial charge on any atom is -0.368 e. The maximum absolute atomic E-state index is 11.6. The molecule has 1 aromatic carbocycles. The van der Waals surface area contributed by atoms with Crippen LogP contribution in [0.4, 0.5) is 0 Å². The van der Waals surface area contributed by atoms with Crippen molar-refractivity contribution in [3.8, 4) is 0 Å². The van der Waals surface area contributed by atoms with Crippen molar-refractivity contribution in [2.75, 3.05) is 13.2 Å². The average Bonchev–Trinajstić information content (AvgIpc) is 2.98. The summed E-state index contributed by atoms with van der Waals surface area (Å²) in [6.07, 6.45) is 1.19. The summed E-state index contributed by atoms with van der Waals surface area (Å²) in [5, 5.41) is 5.88. The van der Waals surface area contributed by atoms with Gasteiger partial charge in [-0.05, 0) is 24.5 Å². The molecule has 0 radical (unpaired) electrons. The van der Waals surface area contributed by atoms with Gasteiger partial charge in [-0.15, -0.1) is 0 Å². The third kappa shape index (κ3) is 4.21. The number of amides is 2. The predicted molar refractivity (Wildman–Crippen MR) is 75.3 cm³/mol. The molecule has 6 heteroatoms. The monoisotopic (exact) mass is 296 g/mol. The van der Waals surface area contributed by atoms with Gasteiger partial charge in [-0.2, -0.15) is 0 Å². The predicted octanol–water partition coefficient (Wildman–Crippen LogP) is 1.25. The standard InChI is InChI=1S/C14H17ClN2O3/c15-11-5-2-1-4-10(11)8-16-13(18)9-17-14(19)12-6-3-7-20-12/h1-2,4-5,12H,3,6-9H2,(H,16,18)(H,17,19). The number of hydrogen-bond donors (Lipinski definition) is 2. The Morgan fingerprint density at radius 3 is 2.80 bits per heavy atom. The smallest absolute Gasteiger partial charge is 0.249 e. The van der Waals surface area contributed by atoms with Crippen LogP contribution in [0.2, 0.25) is 5.02 Å². The van der Waals surface area contributed by atoms with Crippen LogP contribution in [0.1, 0.15) is 18.4 Å². The number of halogens is 1. The molecule has 108 valence electrons. The van der Waals surface area contributed by atoms with Crippen LogP contribution >= 0.6 is 11.6 Å². The van der Waals surface area contributed by atoms with Crippen LogP contribution in [0, 0.1) is 0 Å². The van der Waals surface area contributed by atoms with Gasteiger partial charge in [0.05, 0.1) is 6.54 Å². The summed E-state index contributed by atoms with van der Waals surface area (Å²) in [6, 6.07) is 7.29. The summed E-state index contributed by atoms with van der Waals surface area (Å²) in [5.41, 5.74) is 0.841. The number of carbonyl (C=O) groups is 2. The van der Waals surface area contributed by atoms with E-state index in [0.717, 1.165) is 12.0 Å². The third-order valence-electron chi connectivity index (χ3n) is 3.08. The molecule has 20 heavy (non-hydrogen) atoms. The van der Waals surface area contributed by atoms with E-state index in [2.05, 4.69) is 10.6 Å². The van der Waals surface area contributed by atoms with Gasteiger partial charge in [0, 0.05) is 18.2 Å². The van der Waals surface area contributed by atoms with Crippen LogP contribution in [-0.2, 0) is 20.9 Å². The van der Waals surface area contributed by atoms with Gasteiger partial charge in [0.1, 0.15) is 6.10 Å². The minimum absolute atomic E-state index is 0.0524. The second-order valence-electron chi connectivity index (χ2n) is 4.59. The zero-order valence-electron chi connectivity index (χ0n) is 11.0. The quantitative estimate of drug-likeness (QED) is 0.859. The van der Waals surface area contributed by atoms with Crippen LogP contribution in [0.5, 0.6) is 0 Å². The first-order chi connectivity index (χ1) is 9.66. The highest BCUT2D eigenvalue weighted by Crippen LogP contribution is 2.14. The zero-order valence-corrected chi connectivity index (χ0v) is 11.8. The SMILES string of the molecule is O=C(CNC(=O)C1CCCO1)NCc1ccccc1Cl. The molecule has 2 amide bonds. The van der Waals surface area contributed by atoms with Crippen LogP contribution in [0.3, 0.4) is 0 Å². The fourth-order valence-electron chi connectivity index (χ4n) is 1.96. The Kier molecular flexibility index (Phi) is 5.38. The van der Waals surface area contributed by atoms with Gasteiger partial charge in [-0.3, -0.25) is 9.59 Å². The molecule has 0 spiro atoms. The van der Waals surface area contributed by atoms with E-state index < -0.39 is 6.10 Å². The second-order valence-corrected chi connectivity index (χ2v) is 4.99. The molecule has 5 nitrogen and oxygen atoms in total. The Labute approximate surface area is 122 Å². The highest BCUT2D eigenvalue weighted by atomic mass is 35.5. The van der Waals surface area contributed by atoms with Gasteiger partial charge in [0.15, 0.2) is 0 Å². The summed E-state index contributed by atoms with van der Waals surface area (Å²) >= 11 is 5.98. The van der Waals surface area contributed by atoms with Gasteiger partial charge < -0.3 is 15.4 Å². The van der Waals surface area contributed by atoms with E-state index >= 15 is 0 Å². The molecule has 2 rings (SSSR count). The molecular formula is C14H17ClN2O3. The molecule has 2 N–H and O–H groups in total. The fraction of sp³-hybridized carbons (Fsp3) is 0.429. The molecule has 1 aliphatic rings. The van der Waals surface area contributed by atoms with Crippen molar-refractivity contribution >= 4 is 23.4 Å². The van der Waals surface area contributed by atoms with Crippen molar-refractivity contribution in [3.05, 3.63) is 34.9 Å². The number of ether oxygens (including phenoxy) is 1. The minimum atomic E-state index is -0.411. The molecule has 1 saturated heterocycles. The maximum Gasteiger partial charge on any atom is 0.249 e. The fourth-order valence-corrected chi connectivity index (χ4v) is 2.17. The normalized spacial score (nSPS) is 17.8. The summed E-state index contributed by atoms with van der Waals surface area (Å²) < 4.78 is 5.23. The van der Waals surface area contributed by atoms with Gasteiger partial charge in [0.25, 0.3) is 0 Å². The van der Waals surface area contributed by atoms with Crippen molar-refractivity contribution in [3.63, 3.8) is 0 Å². The second kappa shape index (κ2) is 7.26. The molecule has 1 atom stereocenters. The molecule has 1 aromatic rings. The molecule has 1 heterocycles. The Balaban J connectivity index is 1.70. The van der Waals surface area contributed by atoms with E-state index in [1.807, 2.05) is 18.2 Å². The highest BCUT2D eigenvalue weighted by molar-refractivity contribution is 6.31. The van der Waals surface area contributed by atoms with Gasteiger partial charge in [-0.25, -0.2) is 0 Å². The van der Waals surface area contributed by atoms with Gasteiger partial charge >= 0.3 is 0 Å². The first kappa shape index (κ1) is 14.8. The van der Waals surface area contributed by atoms with Crippen molar-refractivity contribution in [1.29, 1.82) is 0 Å². The summed E-state index contributed by atoms with van der Waals surface area (Å²) in [5.74, 6) is -0.480. The first-order valence-corrected chi connectivity index (χ1v) is 6.94. The lowest BCUT2D eigenvalue weighted by Crippen LogP contribution is -2.41. The van der Waals surface area contributed by atoms with Crippen LogP contribution in [-0.4, -0.2) is 31.1 Å². The van der Waals surface area contributed by atoms with E-state index in [1.54, 1.807) is 6.07 Å². The molecule has 1 fully saturated rings. The van der Waals surface area contributed by atoms with Crippen LogP contribution < -0.4 is 10.6 Å². The van der Waals surface area contributed by atoms with Crippen molar-refractivity contribution < 1.29 is 14.3 Å². The molecular weight excluding hydrogens is 280 g/mol. The number of nitrogens with one attached hydrogen (secondary N) is 2. The topological polar surface area (TPSA) is 67.4 Å². The Morgan fingerprint density at radius 2 is 2.10 bits per heavy atom. The number of carbonyl (C=O) groups excluding carboxylic acids is 2. The lowest BCUT2D eigenvalue weighted by atomic mass is 10.2. The molecule has 1 aliphatic heterocycles. The Hall–Kier alpha value is -1.59. The van der Waals surface area contributed by atoms with E-state index in [1.165, 1.54) is 0 Å². The molecule has 1 unspecified atom stereocenters. The van der Waals surface area contributed by atoms with E-state index in [4.69, 9.17) is 16.3 Å². The molecule has 0 aliphatic carbocycles. The Morgan fingerprint density at radius 1 is 1.30 bits per heavy atom. The van der Waals surface area contributed by atoms with Crippen molar-refractivity contribution in [1.82, 2.24) is 10.6 Å². The largest absolute Gasteiger partial charge is 0.368 e. The number of hydrogen-bond acceptors (Lipinski definition) is 3. The van der Waals surface area contributed by atoms with Crippen LogP contribution in [0.15, 0.2) is 24.3 Å². The lowest BCUT2D eigenvalue weighted by Gasteiger charge is -2.11. The zero-order chi connectivity index (χ0) is 14.4. The van der Waals surface area contributed by atoms with Gasteiger partial charge in [-0.1, -0.05) is 29.8 Å². The lowest BCUT2D eigenvalue weighted by molar-refractivity contribution is -0.132. The number of rotatable bonds is 5. The summed E-state index contributed by atoms with van der Waals surface area (Å²) in [6.45, 7) is 0.897. The highest BCUT2D eigenvalue weighted by Gasteiger charge is 2.23. The van der Waals surface area contributed by atoms with Crippen LogP contribution in [0.25, 0.3) is 0 Å². The van der Waals surface area contributed by atoms with Crippen molar-refractivity contribution in [2.24, 2.45) is 0 Å².